The molecule has 0 saturated carbocycles. The number of benzene rings is 1. The van der Waals surface area contributed by atoms with Crippen LogP contribution in [-0.2, 0) is 20.7 Å². The Morgan fingerprint density at radius 1 is 1.21 bits per heavy atom. The average Bonchev–Trinajstić information content (AvgIpc) is 3.48. The number of rotatable bonds is 13. The molecule has 0 saturated heterocycles. The van der Waals surface area contributed by atoms with E-state index in [2.05, 4.69) is 69.1 Å². The second kappa shape index (κ2) is 17.5. The van der Waals surface area contributed by atoms with Gasteiger partial charge in [-0.2, -0.15) is 0 Å². The molecule has 0 unspecified atom stereocenters. The van der Waals surface area contributed by atoms with Crippen LogP contribution in [0.15, 0.2) is 36.7 Å². The summed E-state index contributed by atoms with van der Waals surface area (Å²) in [5.74, 6) is -0.234. The highest BCUT2D eigenvalue weighted by Gasteiger charge is 2.40. The lowest BCUT2D eigenvalue weighted by Gasteiger charge is -2.39. The molecule has 3 N–H and O–H groups in total. The fourth-order valence-electron chi connectivity index (χ4n) is 5.83. The van der Waals surface area contributed by atoms with Gasteiger partial charge in [0, 0.05) is 51.3 Å². The molecule has 15 heteroatoms. The summed E-state index contributed by atoms with van der Waals surface area (Å²) in [6.07, 6.45) is 4.20. The molecule has 0 aliphatic carbocycles. The SMILES string of the molecule is C[C@@H]1CCC[C@H](NCC[C@@H](O[Si](C)(C)C(C)(C)C)c2nccc(Cl)c2F)c2nc(cn2COCC[Si](C)(C)C)-c2ccc(N(C)C(=O)O)cc2NC1=O. The first kappa shape index (κ1) is 42.6. The van der Waals surface area contributed by atoms with E-state index < -0.39 is 34.4 Å². The van der Waals surface area contributed by atoms with E-state index in [0.717, 1.165) is 23.2 Å². The second-order valence-corrected chi connectivity index (χ2v) is 27.6. The summed E-state index contributed by atoms with van der Waals surface area (Å²) in [5.41, 5.74) is 2.39. The number of imidazole rings is 1. The van der Waals surface area contributed by atoms with E-state index in [1.807, 2.05) is 17.7 Å². The van der Waals surface area contributed by atoms with Crippen LogP contribution in [0.4, 0.5) is 20.6 Å². The van der Waals surface area contributed by atoms with Gasteiger partial charge < -0.3 is 29.5 Å². The van der Waals surface area contributed by atoms with Gasteiger partial charge in [-0.1, -0.05) is 65.4 Å². The van der Waals surface area contributed by atoms with E-state index in [-0.39, 0.29) is 40.4 Å². The number of ether oxygens (including phenoxy) is 1. The third-order valence-electron chi connectivity index (χ3n) is 10.3. The monoisotopic (exact) mass is 788 g/mol. The summed E-state index contributed by atoms with van der Waals surface area (Å²) in [6, 6.07) is 7.40. The topological polar surface area (TPSA) is 131 Å². The van der Waals surface area contributed by atoms with E-state index in [4.69, 9.17) is 25.7 Å². The number of aromatic nitrogens is 3. The van der Waals surface area contributed by atoms with E-state index in [1.54, 1.807) is 18.2 Å². The number of amides is 2. The van der Waals surface area contributed by atoms with Gasteiger partial charge in [-0.05, 0) is 74.2 Å². The van der Waals surface area contributed by atoms with Crippen molar-refractivity contribution in [1.29, 1.82) is 0 Å². The van der Waals surface area contributed by atoms with Crippen molar-refractivity contribution in [2.75, 3.05) is 30.4 Å². The highest BCUT2D eigenvalue weighted by Crippen LogP contribution is 2.41. The van der Waals surface area contributed by atoms with Crippen molar-refractivity contribution in [3.05, 3.63) is 59.0 Å². The molecule has 3 atom stereocenters. The molecule has 3 heterocycles. The summed E-state index contributed by atoms with van der Waals surface area (Å²) in [6.45, 7) is 20.9. The van der Waals surface area contributed by atoms with Gasteiger partial charge in [0.2, 0.25) is 5.91 Å². The minimum absolute atomic E-state index is 0.00922. The number of fused-ring (bicyclic) bond motifs is 4. The van der Waals surface area contributed by atoms with Gasteiger partial charge in [-0.3, -0.25) is 14.7 Å². The van der Waals surface area contributed by atoms with Crippen LogP contribution in [-0.4, -0.2) is 68.2 Å². The van der Waals surface area contributed by atoms with Crippen LogP contribution >= 0.6 is 11.6 Å². The predicted octanol–water partition coefficient (Wildman–Crippen LogP) is 9.71. The van der Waals surface area contributed by atoms with Crippen molar-refractivity contribution in [3.63, 3.8) is 0 Å². The molecule has 4 rings (SSSR count). The third kappa shape index (κ3) is 11.2. The molecule has 11 nitrogen and oxygen atoms in total. The number of hydrogen-bond donors (Lipinski definition) is 3. The lowest BCUT2D eigenvalue weighted by molar-refractivity contribution is -0.119. The molecule has 0 fully saturated rings. The largest absolute Gasteiger partial charge is 0.465 e. The molecule has 0 spiro atoms. The minimum Gasteiger partial charge on any atom is -0.465 e. The number of carboxylic acid groups (broad SMARTS) is 1. The molecule has 0 radical (unpaired) electrons. The molecule has 1 aromatic carbocycles. The normalized spacial score (nSPS) is 17.7. The molecule has 2 amide bonds. The van der Waals surface area contributed by atoms with Crippen molar-refractivity contribution in [3.8, 4) is 11.3 Å². The summed E-state index contributed by atoms with van der Waals surface area (Å²) < 4.78 is 30.5. The maximum atomic E-state index is 15.5. The van der Waals surface area contributed by atoms with E-state index >= 15 is 4.39 Å². The first-order chi connectivity index (χ1) is 24.7. The number of anilines is 2. The van der Waals surface area contributed by atoms with Gasteiger partial charge in [-0.25, -0.2) is 14.2 Å². The van der Waals surface area contributed by atoms with Gasteiger partial charge in [0.05, 0.1) is 28.5 Å². The number of hydrogen-bond acceptors (Lipinski definition) is 7. The maximum absolute atomic E-state index is 15.5. The van der Waals surface area contributed by atoms with Crippen LogP contribution in [0.1, 0.15) is 77.0 Å². The number of halogens is 2. The molecular weight excluding hydrogens is 731 g/mol. The van der Waals surface area contributed by atoms with E-state index in [9.17, 15) is 14.7 Å². The summed E-state index contributed by atoms with van der Waals surface area (Å²) >= 11 is 6.23. The Balaban J connectivity index is 1.73. The van der Waals surface area contributed by atoms with Gasteiger partial charge in [0.15, 0.2) is 14.1 Å². The first-order valence-corrected chi connectivity index (χ1v) is 25.5. The quantitative estimate of drug-likeness (QED) is 0.115. The third-order valence-corrected chi connectivity index (χ3v) is 16.8. The molecule has 53 heavy (non-hydrogen) atoms. The second-order valence-electron chi connectivity index (χ2n) is 16.8. The summed E-state index contributed by atoms with van der Waals surface area (Å²) in [4.78, 5) is 35.9. The zero-order chi connectivity index (χ0) is 39.3. The highest BCUT2D eigenvalue weighted by molar-refractivity contribution is 6.76. The number of pyridine rings is 1. The first-order valence-electron chi connectivity index (χ1n) is 18.5. The highest BCUT2D eigenvalue weighted by atomic mass is 35.5. The minimum atomic E-state index is -2.35. The zero-order valence-corrected chi connectivity index (χ0v) is 35.7. The molecule has 2 bridgehead atoms. The van der Waals surface area contributed by atoms with Gasteiger partial charge in [-0.15, -0.1) is 0 Å². The molecular formula is C38H58ClFN6O5Si2. The lowest BCUT2D eigenvalue weighted by atomic mass is 9.99. The fraction of sp³-hybridized carbons (Fsp3) is 0.579. The number of carbonyl (C=O) groups is 2. The Labute approximate surface area is 321 Å². The molecule has 1 aliphatic rings. The van der Waals surface area contributed by atoms with Crippen LogP contribution in [0.3, 0.4) is 0 Å². The summed E-state index contributed by atoms with van der Waals surface area (Å²) in [5, 5.41) is 16.3. The maximum Gasteiger partial charge on any atom is 0.411 e. The lowest BCUT2D eigenvalue weighted by Crippen LogP contribution is -2.42. The van der Waals surface area contributed by atoms with Crippen molar-refractivity contribution in [2.24, 2.45) is 5.92 Å². The predicted molar refractivity (Wildman–Crippen MR) is 215 cm³/mol. The molecule has 2 aromatic heterocycles. The molecule has 3 aromatic rings. The van der Waals surface area contributed by atoms with Crippen molar-refractivity contribution >= 4 is 51.4 Å². The standard InChI is InChI=1S/C38H58ClFN6O5Si2/c1-25-12-11-13-29(41-19-17-32(51-53(9,10)38(2,3)4)34-33(40)28(39)16-18-42-34)35-43-31(23-46(35)24-50-20-21-52(6,7)8)27-15-14-26(45(5)37(48)49)22-30(27)44-36(25)47/h14-16,18,22-23,25,29,32,41H,11-13,17,19-21,24H2,1-10H3,(H,44,47)(H,48,49)/t25-,29+,32-/m1/s1. The average molecular weight is 790 g/mol. The molecule has 1 aliphatic heterocycles. The van der Waals surface area contributed by atoms with Crippen LogP contribution in [0, 0.1) is 11.7 Å². The Hall–Kier alpha value is -3.15. The number of nitrogens with one attached hydrogen (secondary N) is 2. The van der Waals surface area contributed by atoms with E-state index in [1.165, 1.54) is 19.3 Å². The van der Waals surface area contributed by atoms with Crippen LogP contribution in [0.2, 0.25) is 48.8 Å². The van der Waals surface area contributed by atoms with Crippen LogP contribution in [0.25, 0.3) is 11.3 Å². The Kier molecular flexibility index (Phi) is 14.1. The van der Waals surface area contributed by atoms with Gasteiger partial charge in [0.25, 0.3) is 0 Å². The zero-order valence-electron chi connectivity index (χ0n) is 33.0. The van der Waals surface area contributed by atoms with Crippen LogP contribution in [0.5, 0.6) is 0 Å². The Morgan fingerprint density at radius 2 is 1.92 bits per heavy atom. The van der Waals surface area contributed by atoms with Gasteiger partial charge >= 0.3 is 6.09 Å². The Morgan fingerprint density at radius 3 is 2.58 bits per heavy atom. The fourth-order valence-corrected chi connectivity index (χ4v) is 8.03. The Bertz CT molecular complexity index is 1740. The number of nitrogens with zero attached hydrogens (tertiary/aromatic N) is 4. The van der Waals surface area contributed by atoms with E-state index in [0.29, 0.717) is 55.0 Å². The molecule has 292 valence electrons. The van der Waals surface area contributed by atoms with Crippen LogP contribution < -0.4 is 15.5 Å². The van der Waals surface area contributed by atoms with Crippen molar-refractivity contribution in [2.45, 2.75) is 116 Å². The van der Waals surface area contributed by atoms with Gasteiger partial charge in [0.1, 0.15) is 18.2 Å². The summed E-state index contributed by atoms with van der Waals surface area (Å²) in [7, 11) is -2.21. The van der Waals surface area contributed by atoms with Crippen molar-refractivity contribution < 1.29 is 28.2 Å². The van der Waals surface area contributed by atoms with Crippen molar-refractivity contribution in [1.82, 2.24) is 19.9 Å². The smallest absolute Gasteiger partial charge is 0.411 e. The number of carbonyl (C=O) groups excluding carboxylic acids is 1.